The minimum atomic E-state index is -0.177. The predicted octanol–water partition coefficient (Wildman–Crippen LogP) is 1.07. The molecule has 1 aromatic rings. The minimum Gasteiger partial charge on any atom is -0.349 e. The zero-order valence-electron chi connectivity index (χ0n) is 11.9. The van der Waals surface area contributed by atoms with E-state index in [1.165, 1.54) is 19.3 Å². The number of nitrogens with two attached hydrogens (primary N) is 1. The first-order chi connectivity index (χ1) is 9.19. The Kier molecular flexibility index (Phi) is 7.10. The van der Waals surface area contributed by atoms with Crippen molar-refractivity contribution in [2.24, 2.45) is 11.7 Å². The Bertz CT molecular complexity index is 377. The van der Waals surface area contributed by atoms with E-state index in [2.05, 4.69) is 29.5 Å². The van der Waals surface area contributed by atoms with Gasteiger partial charge in [-0.2, -0.15) is 0 Å². The van der Waals surface area contributed by atoms with Gasteiger partial charge in [-0.05, 0) is 12.3 Å². The highest BCUT2D eigenvalue weighted by Gasteiger charge is 2.09. The largest absolute Gasteiger partial charge is 0.349 e. The summed E-state index contributed by atoms with van der Waals surface area (Å²) in [5.41, 5.74) is 5.99. The molecule has 0 aliphatic carbocycles. The molecule has 19 heavy (non-hydrogen) atoms. The summed E-state index contributed by atoms with van der Waals surface area (Å²) in [5.74, 6) is 0.470. The van der Waals surface area contributed by atoms with Crippen LogP contribution in [0.4, 0.5) is 0 Å². The molecule has 0 saturated carbocycles. The van der Waals surface area contributed by atoms with Crippen molar-refractivity contribution in [1.29, 1.82) is 0 Å². The lowest BCUT2D eigenvalue weighted by atomic mass is 9.99. The van der Waals surface area contributed by atoms with E-state index in [0.717, 1.165) is 18.7 Å². The smallest absolute Gasteiger partial charge is 0.234 e. The fourth-order valence-electron chi connectivity index (χ4n) is 1.95. The van der Waals surface area contributed by atoms with Crippen molar-refractivity contribution in [3.63, 3.8) is 0 Å². The molecule has 1 aromatic heterocycles. The van der Waals surface area contributed by atoms with Gasteiger partial charge in [-0.15, -0.1) is 5.10 Å². The van der Waals surface area contributed by atoms with Crippen LogP contribution in [0.25, 0.3) is 0 Å². The zero-order valence-corrected chi connectivity index (χ0v) is 11.9. The van der Waals surface area contributed by atoms with Gasteiger partial charge in [0.1, 0.15) is 5.69 Å². The molecule has 1 rings (SSSR count). The maximum Gasteiger partial charge on any atom is 0.234 e. The third-order valence-electron chi connectivity index (χ3n) is 3.23. The summed E-state index contributed by atoms with van der Waals surface area (Å²) in [6.07, 6.45) is 6.76. The number of amides is 1. The van der Waals surface area contributed by atoms with Gasteiger partial charge in [-0.25, -0.2) is 0 Å². The average molecular weight is 267 g/mol. The fraction of sp³-hybridized carbons (Fsp3) is 0.769. The Morgan fingerprint density at radius 2 is 2.32 bits per heavy atom. The van der Waals surface area contributed by atoms with Crippen molar-refractivity contribution >= 4 is 5.91 Å². The number of carbonyl (C=O) groups excluding carboxylic acids is 1. The molecule has 1 heterocycles. The molecule has 6 nitrogen and oxygen atoms in total. The van der Waals surface area contributed by atoms with Gasteiger partial charge in [0.05, 0.1) is 19.3 Å². The first kappa shape index (κ1) is 15.6. The van der Waals surface area contributed by atoms with Gasteiger partial charge in [0.2, 0.25) is 5.91 Å². The Hall–Kier alpha value is -1.43. The third-order valence-corrected chi connectivity index (χ3v) is 3.23. The van der Waals surface area contributed by atoms with E-state index < -0.39 is 0 Å². The highest BCUT2D eigenvalue weighted by atomic mass is 16.1. The highest BCUT2D eigenvalue weighted by molar-refractivity contribution is 5.77. The minimum absolute atomic E-state index is 0.00304. The molecule has 0 radical (unpaired) electrons. The van der Waals surface area contributed by atoms with Gasteiger partial charge in [0.25, 0.3) is 0 Å². The second-order valence-corrected chi connectivity index (χ2v) is 4.83. The Balaban J connectivity index is 2.42. The summed E-state index contributed by atoms with van der Waals surface area (Å²) in [6, 6.07) is 0. The number of unbranched alkanes of at least 4 members (excludes halogenated alkanes) is 1. The van der Waals surface area contributed by atoms with Gasteiger partial charge in [-0.3, -0.25) is 9.48 Å². The number of rotatable bonds is 9. The zero-order chi connectivity index (χ0) is 14.1. The van der Waals surface area contributed by atoms with Crippen LogP contribution in [0.2, 0.25) is 0 Å². The van der Waals surface area contributed by atoms with Crippen molar-refractivity contribution < 1.29 is 4.79 Å². The van der Waals surface area contributed by atoms with Crippen LogP contribution in [0.15, 0.2) is 6.20 Å². The summed E-state index contributed by atoms with van der Waals surface area (Å²) >= 11 is 0. The van der Waals surface area contributed by atoms with Crippen LogP contribution in [0.1, 0.15) is 45.2 Å². The average Bonchev–Trinajstić information content (AvgIpc) is 2.88. The fourth-order valence-corrected chi connectivity index (χ4v) is 1.95. The number of hydrogen-bond acceptors (Lipinski definition) is 4. The molecule has 0 aromatic carbocycles. The van der Waals surface area contributed by atoms with E-state index in [4.69, 9.17) is 5.73 Å². The van der Waals surface area contributed by atoms with E-state index in [-0.39, 0.29) is 12.5 Å². The molecule has 3 N–H and O–H groups in total. The lowest BCUT2D eigenvalue weighted by Crippen LogP contribution is -2.29. The van der Waals surface area contributed by atoms with Crippen molar-refractivity contribution in [2.75, 3.05) is 6.54 Å². The first-order valence-electron chi connectivity index (χ1n) is 7.05. The van der Waals surface area contributed by atoms with Crippen LogP contribution in [0.3, 0.4) is 0 Å². The van der Waals surface area contributed by atoms with Gasteiger partial charge in [0.15, 0.2) is 0 Å². The quantitative estimate of drug-likeness (QED) is 0.700. The molecule has 1 amide bonds. The molecular weight excluding hydrogens is 242 g/mol. The molecule has 108 valence electrons. The summed E-state index contributed by atoms with van der Waals surface area (Å²) in [6.45, 7) is 5.71. The van der Waals surface area contributed by atoms with Crippen molar-refractivity contribution in [3.8, 4) is 0 Å². The number of nitrogens with one attached hydrogen (secondary N) is 1. The van der Waals surface area contributed by atoms with Crippen LogP contribution in [-0.4, -0.2) is 27.4 Å². The van der Waals surface area contributed by atoms with Gasteiger partial charge >= 0.3 is 0 Å². The van der Waals surface area contributed by atoms with E-state index in [1.807, 2.05) is 10.9 Å². The number of aromatic nitrogens is 3. The molecular formula is C13H25N5O. The summed E-state index contributed by atoms with van der Waals surface area (Å²) in [7, 11) is 0. The van der Waals surface area contributed by atoms with Crippen molar-refractivity contribution in [3.05, 3.63) is 11.9 Å². The normalized spacial score (nSPS) is 12.4. The van der Waals surface area contributed by atoms with E-state index in [9.17, 15) is 4.79 Å². The van der Waals surface area contributed by atoms with Crippen LogP contribution in [-0.2, 0) is 17.9 Å². The van der Waals surface area contributed by atoms with Gasteiger partial charge in [0, 0.05) is 6.54 Å². The number of hydrogen-bond donors (Lipinski definition) is 2. The Labute approximate surface area is 114 Å². The molecule has 1 atom stereocenters. The number of carbonyl (C=O) groups is 1. The van der Waals surface area contributed by atoms with E-state index in [0.29, 0.717) is 12.5 Å². The van der Waals surface area contributed by atoms with Gasteiger partial charge < -0.3 is 11.1 Å². The second-order valence-electron chi connectivity index (χ2n) is 4.83. The lowest BCUT2D eigenvalue weighted by molar-refractivity contribution is -0.119. The van der Waals surface area contributed by atoms with E-state index >= 15 is 0 Å². The Morgan fingerprint density at radius 3 is 2.95 bits per heavy atom. The van der Waals surface area contributed by atoms with Crippen LogP contribution in [0.5, 0.6) is 0 Å². The van der Waals surface area contributed by atoms with Gasteiger partial charge in [-0.1, -0.05) is 38.3 Å². The molecule has 0 saturated heterocycles. The van der Waals surface area contributed by atoms with E-state index in [1.54, 1.807) is 0 Å². The Morgan fingerprint density at radius 1 is 1.53 bits per heavy atom. The summed E-state index contributed by atoms with van der Waals surface area (Å²) < 4.78 is 1.87. The molecule has 0 bridgehead atoms. The highest BCUT2D eigenvalue weighted by Crippen LogP contribution is 2.14. The van der Waals surface area contributed by atoms with Crippen molar-refractivity contribution in [2.45, 2.75) is 52.6 Å². The maximum atomic E-state index is 11.0. The standard InChI is InChI=1S/C13H25N5O/c1-3-5-6-11(4-2)9-18-10-12(16-17-18)8-15-13(19)7-14/h10-11H,3-9,14H2,1-2H3,(H,15,19). The first-order valence-corrected chi connectivity index (χ1v) is 7.05. The van der Waals surface area contributed by atoms with Crippen LogP contribution >= 0.6 is 0 Å². The second kappa shape index (κ2) is 8.63. The molecule has 1 unspecified atom stereocenters. The monoisotopic (exact) mass is 267 g/mol. The molecule has 0 aliphatic rings. The topological polar surface area (TPSA) is 85.8 Å². The van der Waals surface area contributed by atoms with Crippen molar-refractivity contribution in [1.82, 2.24) is 20.3 Å². The maximum absolute atomic E-state index is 11.0. The summed E-state index contributed by atoms with van der Waals surface area (Å²) in [4.78, 5) is 11.0. The predicted molar refractivity (Wildman–Crippen MR) is 74.2 cm³/mol. The molecule has 0 spiro atoms. The number of nitrogens with zero attached hydrogens (tertiary/aromatic N) is 3. The van der Waals surface area contributed by atoms with Crippen LogP contribution in [0, 0.1) is 5.92 Å². The third kappa shape index (κ3) is 5.83. The van der Waals surface area contributed by atoms with Crippen LogP contribution < -0.4 is 11.1 Å². The molecule has 0 fully saturated rings. The SMILES string of the molecule is CCCCC(CC)Cn1cc(CNC(=O)CN)nn1. The lowest BCUT2D eigenvalue weighted by Gasteiger charge is -2.13. The summed E-state index contributed by atoms with van der Waals surface area (Å²) in [5, 5.41) is 10.8. The molecule has 0 aliphatic heterocycles. The molecule has 6 heteroatoms.